The molecule has 3 aliphatic rings. The Hall–Kier alpha value is -5.38. The van der Waals surface area contributed by atoms with Crippen molar-refractivity contribution in [1.82, 2.24) is 36.4 Å². The fourth-order valence-electron chi connectivity index (χ4n) is 8.08. The Balaban J connectivity index is 1.51. The number of benzene rings is 1. The average molecular weight is 859 g/mol. The number of hydrogen-bond acceptors (Lipinski definition) is 12. The van der Waals surface area contributed by atoms with Gasteiger partial charge in [0.1, 0.15) is 48.3 Å². The molecule has 61 heavy (non-hydrogen) atoms. The molecule has 0 aromatic heterocycles. The van der Waals surface area contributed by atoms with Gasteiger partial charge in [0.15, 0.2) is 6.04 Å². The second-order valence-corrected chi connectivity index (χ2v) is 16.2. The predicted octanol–water partition coefficient (Wildman–Crippen LogP) is -3.84. The van der Waals surface area contributed by atoms with Crippen LogP contribution in [0.25, 0.3) is 0 Å². The first-order valence-electron chi connectivity index (χ1n) is 21.2. The van der Waals surface area contributed by atoms with Crippen molar-refractivity contribution >= 4 is 47.3 Å². The Morgan fingerprint density at radius 1 is 0.820 bits per heavy atom. The number of nitrogens with two attached hydrogens (primary N) is 4. The van der Waals surface area contributed by atoms with Gasteiger partial charge in [0.25, 0.3) is 5.91 Å². The number of phenols is 1. The lowest BCUT2D eigenvalue weighted by Gasteiger charge is -2.32. The van der Waals surface area contributed by atoms with Crippen LogP contribution in [0.4, 0.5) is 0 Å². The zero-order chi connectivity index (χ0) is 44.8. The van der Waals surface area contributed by atoms with E-state index in [2.05, 4.69) is 26.6 Å². The van der Waals surface area contributed by atoms with E-state index in [0.29, 0.717) is 50.8 Å². The smallest absolute Gasteiger partial charge is 0.326 e. The summed E-state index contributed by atoms with van der Waals surface area (Å²) in [5.41, 5.74) is 17.0. The standard InChI is InChI=1S/C40H63N11O10/c1-3-22(2)32(36(57)47-27(20-23-12-14-24(52)15-13-23)33(54)48-28(39(60)61)21-31(41)53)49-35(56)30-11-7-19-51(30)38(59)26(9-5-17-45-40(42)43)46-34(55)29-10-6-18-50(29)37(58)25-8-4-16-44-25/h12-15,22,25-30,32,40,44-45,52H,3-11,16-21,42-43H2,1-2H3,(H2,41,53)(H,46,55)(H,47,57)(H,48,54)(H,49,56)(H,60,61)/p+1/t22-,25-,26-,27-,28-,29-,30-,32-/m0/s1. The van der Waals surface area contributed by atoms with Gasteiger partial charge >= 0.3 is 5.97 Å². The summed E-state index contributed by atoms with van der Waals surface area (Å²) in [6.07, 6.45) is 2.80. The second-order valence-electron chi connectivity index (χ2n) is 16.2. The van der Waals surface area contributed by atoms with Gasteiger partial charge in [-0.1, -0.05) is 32.4 Å². The number of likely N-dealkylation sites (tertiary alicyclic amines) is 2. The van der Waals surface area contributed by atoms with E-state index in [9.17, 15) is 48.6 Å². The highest BCUT2D eigenvalue weighted by Crippen LogP contribution is 2.23. The Morgan fingerprint density at radius 3 is 2.03 bits per heavy atom. The number of primary amides is 1. The molecule has 21 nitrogen and oxygen atoms in total. The third-order valence-electron chi connectivity index (χ3n) is 11.7. The highest BCUT2D eigenvalue weighted by Gasteiger charge is 2.43. The van der Waals surface area contributed by atoms with Crippen molar-refractivity contribution in [2.45, 2.75) is 133 Å². The largest absolute Gasteiger partial charge is 0.508 e. The molecule has 0 bridgehead atoms. The molecule has 0 radical (unpaired) electrons. The van der Waals surface area contributed by atoms with Crippen molar-refractivity contribution in [2.24, 2.45) is 23.1 Å². The van der Waals surface area contributed by atoms with E-state index in [0.717, 1.165) is 19.4 Å². The van der Waals surface area contributed by atoms with Crippen molar-refractivity contribution in [2.75, 3.05) is 26.2 Å². The van der Waals surface area contributed by atoms with E-state index in [4.69, 9.17) is 17.2 Å². The topological polar surface area (TPSA) is 338 Å². The van der Waals surface area contributed by atoms with Crippen LogP contribution in [0, 0.1) is 5.92 Å². The van der Waals surface area contributed by atoms with Crippen LogP contribution < -0.4 is 49.1 Å². The summed E-state index contributed by atoms with van der Waals surface area (Å²) in [5.74, 6) is -6.39. The maximum Gasteiger partial charge on any atom is 0.326 e. The lowest BCUT2D eigenvalue weighted by atomic mass is 9.96. The lowest BCUT2D eigenvalue weighted by Crippen LogP contribution is -2.89. The van der Waals surface area contributed by atoms with Crippen LogP contribution in [-0.4, -0.2) is 142 Å². The first-order valence-corrected chi connectivity index (χ1v) is 21.2. The summed E-state index contributed by atoms with van der Waals surface area (Å²) < 4.78 is 0. The Bertz CT molecular complexity index is 1720. The number of carboxylic acids is 1. The number of hydrogen-bond donors (Lipinski definition) is 11. The molecule has 0 spiro atoms. The van der Waals surface area contributed by atoms with Gasteiger partial charge in [0.05, 0.1) is 13.0 Å². The fraction of sp³-hybridized carbons (Fsp3) is 0.650. The molecule has 3 heterocycles. The molecule has 1 aromatic carbocycles. The third-order valence-corrected chi connectivity index (χ3v) is 11.7. The van der Waals surface area contributed by atoms with Crippen LogP contribution in [-0.2, 0) is 44.8 Å². The molecule has 3 saturated heterocycles. The molecule has 8 atom stereocenters. The van der Waals surface area contributed by atoms with Crippen molar-refractivity contribution in [3.8, 4) is 5.75 Å². The summed E-state index contributed by atoms with van der Waals surface area (Å²) in [6, 6.07) is -1.55. The number of carbonyl (C=O) groups excluding carboxylic acids is 7. The third kappa shape index (κ3) is 13.8. The van der Waals surface area contributed by atoms with Crippen molar-refractivity contribution in [3.05, 3.63) is 29.8 Å². The predicted molar refractivity (Wildman–Crippen MR) is 219 cm³/mol. The first-order chi connectivity index (χ1) is 29.0. The Labute approximate surface area is 355 Å². The lowest BCUT2D eigenvalue weighted by molar-refractivity contribution is -0.658. The minimum Gasteiger partial charge on any atom is -0.508 e. The molecule has 1 aromatic rings. The van der Waals surface area contributed by atoms with Crippen LogP contribution in [0.2, 0.25) is 0 Å². The van der Waals surface area contributed by atoms with Gasteiger partial charge in [-0.2, -0.15) is 0 Å². The number of amides is 7. The normalized spacial score (nSPS) is 21.2. The molecule has 3 aliphatic heterocycles. The molecular formula is C40H64N11O10+. The zero-order valence-corrected chi connectivity index (χ0v) is 35.0. The SMILES string of the molecule is CC[C@H](C)[C@H](NC(=O)[C@@H]1CCCN1C(=O)[C@H](CCCNC(N)N)NC(=O)[C@@H]1CCCN1C(=O)[C@@H]1CCC[NH2+]1)C(=O)N[C@@H](Cc1ccc(O)cc1)C(=O)N[C@@H](CC(N)=O)C(=O)O. The molecule has 21 heteroatoms. The van der Waals surface area contributed by atoms with Gasteiger partial charge in [-0.3, -0.25) is 38.9 Å². The van der Waals surface area contributed by atoms with E-state index in [1.54, 1.807) is 18.7 Å². The van der Waals surface area contributed by atoms with Crippen LogP contribution in [0.1, 0.15) is 83.6 Å². The minimum absolute atomic E-state index is 0.0485. The monoisotopic (exact) mass is 858 g/mol. The minimum atomic E-state index is -1.68. The molecule has 4 rings (SSSR count). The summed E-state index contributed by atoms with van der Waals surface area (Å²) in [7, 11) is 0. The summed E-state index contributed by atoms with van der Waals surface area (Å²) >= 11 is 0. The van der Waals surface area contributed by atoms with Gasteiger partial charge in [0.2, 0.25) is 35.4 Å². The summed E-state index contributed by atoms with van der Waals surface area (Å²) in [4.78, 5) is 110. The average Bonchev–Trinajstić information content (AvgIpc) is 4.03. The number of nitrogens with zero attached hydrogens (tertiary/aromatic N) is 2. The van der Waals surface area contributed by atoms with E-state index < -0.39 is 96.3 Å². The van der Waals surface area contributed by atoms with Gasteiger partial charge < -0.3 is 63.8 Å². The summed E-state index contributed by atoms with van der Waals surface area (Å²) in [6.45, 7) is 5.35. The Morgan fingerprint density at radius 2 is 1.44 bits per heavy atom. The Kier molecular flexibility index (Phi) is 18.2. The molecule has 0 saturated carbocycles. The summed E-state index contributed by atoms with van der Waals surface area (Å²) in [5, 5.41) is 34.8. The van der Waals surface area contributed by atoms with Crippen LogP contribution in [0.15, 0.2) is 24.3 Å². The van der Waals surface area contributed by atoms with Crippen molar-refractivity contribution < 1.29 is 53.9 Å². The van der Waals surface area contributed by atoms with E-state index in [1.807, 2.05) is 5.32 Å². The second kappa shape index (κ2) is 23.0. The molecule has 7 amide bonds. The zero-order valence-electron chi connectivity index (χ0n) is 35.0. The number of aliphatic carboxylic acids is 1. The highest BCUT2D eigenvalue weighted by molar-refractivity contribution is 5.97. The van der Waals surface area contributed by atoms with Crippen molar-refractivity contribution in [3.63, 3.8) is 0 Å². The number of quaternary nitrogens is 1. The van der Waals surface area contributed by atoms with Gasteiger partial charge in [0, 0.05) is 32.4 Å². The molecule has 3 fully saturated rings. The highest BCUT2D eigenvalue weighted by atomic mass is 16.4. The first kappa shape index (κ1) is 48.3. The number of carbonyl (C=O) groups is 8. The molecule has 0 unspecified atom stereocenters. The molecular weight excluding hydrogens is 795 g/mol. The van der Waals surface area contributed by atoms with E-state index >= 15 is 0 Å². The quantitative estimate of drug-likeness (QED) is 0.0394. The maximum absolute atomic E-state index is 14.4. The number of carboxylic acid groups (broad SMARTS) is 1. The van der Waals surface area contributed by atoms with Gasteiger partial charge in [-0.15, -0.1) is 0 Å². The van der Waals surface area contributed by atoms with Crippen molar-refractivity contribution in [1.29, 1.82) is 0 Å². The van der Waals surface area contributed by atoms with E-state index in [1.165, 1.54) is 29.2 Å². The van der Waals surface area contributed by atoms with Crippen LogP contribution in [0.3, 0.4) is 0 Å². The molecule has 15 N–H and O–H groups in total. The number of nitrogens with one attached hydrogen (secondary N) is 5. The maximum atomic E-state index is 14.4. The molecule has 0 aliphatic carbocycles. The van der Waals surface area contributed by atoms with E-state index in [-0.39, 0.29) is 43.5 Å². The number of aromatic hydroxyl groups is 1. The van der Waals surface area contributed by atoms with Gasteiger partial charge in [-0.05, 0) is 68.7 Å². The number of phenolic OH excluding ortho intramolecular Hbond substituents is 1. The molecule has 338 valence electrons. The fourth-order valence-corrected chi connectivity index (χ4v) is 8.08. The van der Waals surface area contributed by atoms with Crippen LogP contribution >= 0.6 is 0 Å². The van der Waals surface area contributed by atoms with Gasteiger partial charge in [-0.25, -0.2) is 4.79 Å². The van der Waals surface area contributed by atoms with Crippen LogP contribution in [0.5, 0.6) is 5.75 Å². The number of rotatable bonds is 22.